The number of anilines is 1. The minimum absolute atomic E-state index is 0.147. The van der Waals surface area contributed by atoms with Gasteiger partial charge < -0.3 is 19.2 Å². The van der Waals surface area contributed by atoms with Crippen LogP contribution in [-0.2, 0) is 4.79 Å². The topological polar surface area (TPSA) is 51.7 Å². The molecule has 2 atom stereocenters. The van der Waals surface area contributed by atoms with E-state index in [4.69, 9.17) is 9.47 Å². The van der Waals surface area contributed by atoms with E-state index in [0.717, 1.165) is 36.8 Å². The first-order valence-electron chi connectivity index (χ1n) is 10.5. The maximum atomic E-state index is 11.3. The third-order valence-corrected chi connectivity index (χ3v) is 5.12. The largest absolute Gasteiger partial charge is 0.492 e. The van der Waals surface area contributed by atoms with Gasteiger partial charge in [-0.1, -0.05) is 32.9 Å². The lowest BCUT2D eigenvalue weighted by Gasteiger charge is -2.19. The highest BCUT2D eigenvalue weighted by molar-refractivity contribution is 5.76. The molecule has 1 aliphatic rings. The molecule has 5 nitrogen and oxygen atoms in total. The minimum Gasteiger partial charge on any atom is -0.492 e. The molecule has 0 aliphatic carbocycles. The number of hydrogen-bond donors (Lipinski definition) is 0. The van der Waals surface area contributed by atoms with Crippen molar-refractivity contribution in [3.8, 4) is 11.5 Å². The number of hydrogen-bond acceptors (Lipinski definition) is 5. The van der Waals surface area contributed by atoms with Crippen molar-refractivity contribution in [3.63, 3.8) is 0 Å². The molecule has 0 bridgehead atoms. The summed E-state index contributed by atoms with van der Waals surface area (Å²) in [6, 6.07) is 12.1. The van der Waals surface area contributed by atoms with Crippen molar-refractivity contribution in [1.82, 2.24) is 4.98 Å². The van der Waals surface area contributed by atoms with E-state index in [9.17, 15) is 4.79 Å². The number of carbonyl (C=O) groups excluding carboxylic acids is 1. The van der Waals surface area contributed by atoms with E-state index in [1.54, 1.807) is 13.1 Å². The summed E-state index contributed by atoms with van der Waals surface area (Å²) in [4.78, 5) is 18.1. The summed E-state index contributed by atoms with van der Waals surface area (Å²) in [7, 11) is 0. The van der Waals surface area contributed by atoms with Gasteiger partial charge in [-0.15, -0.1) is 0 Å². The van der Waals surface area contributed by atoms with Crippen LogP contribution in [0, 0.1) is 5.92 Å². The molecule has 2 heterocycles. The highest BCUT2D eigenvalue weighted by Gasteiger charge is 2.25. The third kappa shape index (κ3) is 6.21. The van der Waals surface area contributed by atoms with E-state index in [2.05, 4.69) is 42.8 Å². The van der Waals surface area contributed by atoms with E-state index >= 15 is 0 Å². The first kappa shape index (κ1) is 21.2. The van der Waals surface area contributed by atoms with Crippen LogP contribution in [-0.4, -0.2) is 36.6 Å². The van der Waals surface area contributed by atoms with Crippen molar-refractivity contribution in [2.45, 2.75) is 52.6 Å². The zero-order chi connectivity index (χ0) is 20.8. The Labute approximate surface area is 174 Å². The molecular formula is C24H32N2O3. The van der Waals surface area contributed by atoms with Crippen molar-refractivity contribution < 1.29 is 14.3 Å². The molecule has 0 spiro atoms. The average molecular weight is 397 g/mol. The highest BCUT2D eigenvalue weighted by Crippen LogP contribution is 2.26. The Morgan fingerprint density at radius 1 is 1.14 bits per heavy atom. The fourth-order valence-corrected chi connectivity index (χ4v) is 3.56. The van der Waals surface area contributed by atoms with Crippen LogP contribution >= 0.6 is 0 Å². The van der Waals surface area contributed by atoms with E-state index in [-0.39, 0.29) is 17.8 Å². The van der Waals surface area contributed by atoms with Crippen molar-refractivity contribution in [3.05, 3.63) is 48.2 Å². The van der Waals surface area contributed by atoms with Crippen LogP contribution in [0.4, 0.5) is 5.82 Å². The molecule has 1 unspecified atom stereocenters. The van der Waals surface area contributed by atoms with Gasteiger partial charge in [-0.3, -0.25) is 0 Å². The number of ether oxygens (including phenoxy) is 2. The molecule has 1 aromatic carbocycles. The third-order valence-electron chi connectivity index (χ3n) is 5.12. The molecule has 2 aromatic rings. The molecule has 0 N–H and O–H groups in total. The summed E-state index contributed by atoms with van der Waals surface area (Å²) in [5.41, 5.74) is 1.17. The Morgan fingerprint density at radius 2 is 1.86 bits per heavy atom. The van der Waals surface area contributed by atoms with Crippen LogP contribution in [0.15, 0.2) is 42.6 Å². The quantitative estimate of drug-likeness (QED) is 0.606. The first-order valence-corrected chi connectivity index (χ1v) is 10.5. The van der Waals surface area contributed by atoms with Crippen LogP contribution in [0.3, 0.4) is 0 Å². The van der Waals surface area contributed by atoms with Gasteiger partial charge in [0.2, 0.25) is 0 Å². The smallest absolute Gasteiger partial charge is 0.137 e. The highest BCUT2D eigenvalue weighted by atomic mass is 16.5. The maximum Gasteiger partial charge on any atom is 0.137 e. The molecular weight excluding hydrogens is 364 g/mol. The lowest BCUT2D eigenvalue weighted by molar-refractivity contribution is -0.117. The van der Waals surface area contributed by atoms with Crippen LogP contribution < -0.4 is 14.4 Å². The van der Waals surface area contributed by atoms with Crippen LogP contribution in [0.5, 0.6) is 11.5 Å². The van der Waals surface area contributed by atoms with Crippen molar-refractivity contribution >= 4 is 11.6 Å². The molecule has 29 heavy (non-hydrogen) atoms. The first-order chi connectivity index (χ1) is 13.9. The van der Waals surface area contributed by atoms with Crippen molar-refractivity contribution in [2.75, 3.05) is 24.6 Å². The Kier molecular flexibility index (Phi) is 7.13. The van der Waals surface area contributed by atoms with Crippen LogP contribution in [0.1, 0.15) is 52.0 Å². The number of aromatic nitrogens is 1. The number of carbonyl (C=O) groups is 1. The Morgan fingerprint density at radius 3 is 2.48 bits per heavy atom. The monoisotopic (exact) mass is 396 g/mol. The fraction of sp³-hybridized carbons (Fsp3) is 0.500. The maximum absolute atomic E-state index is 11.3. The summed E-state index contributed by atoms with van der Waals surface area (Å²) in [6.07, 6.45) is 3.49. The Balaban J connectivity index is 1.51. The molecule has 0 amide bonds. The summed E-state index contributed by atoms with van der Waals surface area (Å²) < 4.78 is 11.9. The van der Waals surface area contributed by atoms with Gasteiger partial charge in [0, 0.05) is 19.4 Å². The number of pyridine rings is 1. The Bertz CT molecular complexity index is 787. The molecule has 0 saturated carbocycles. The SMILES string of the molecule is CC(=O)C[C@@H](C)c1ccc(OC2CCN(c3ccc(OCC(C)C)cn3)C2)cc1. The molecule has 5 heteroatoms. The number of benzene rings is 1. The number of Topliss-reactive ketones (excluding diaryl/α,β-unsaturated/α-hetero) is 1. The van der Waals surface area contributed by atoms with Crippen LogP contribution in [0.2, 0.25) is 0 Å². The summed E-state index contributed by atoms with van der Waals surface area (Å²) in [6.45, 7) is 10.4. The van der Waals surface area contributed by atoms with Gasteiger partial charge in [-0.05, 0) is 48.6 Å². The van der Waals surface area contributed by atoms with Gasteiger partial charge in [-0.25, -0.2) is 4.98 Å². The average Bonchev–Trinajstić information content (AvgIpc) is 3.15. The summed E-state index contributed by atoms with van der Waals surface area (Å²) >= 11 is 0. The van der Waals surface area contributed by atoms with Crippen LogP contribution in [0.25, 0.3) is 0 Å². The molecule has 1 fully saturated rings. The van der Waals surface area contributed by atoms with Gasteiger partial charge in [0.1, 0.15) is 29.2 Å². The minimum atomic E-state index is 0.147. The number of ketones is 1. The molecule has 1 aromatic heterocycles. The van der Waals surface area contributed by atoms with E-state index < -0.39 is 0 Å². The predicted molar refractivity (Wildman–Crippen MR) is 116 cm³/mol. The van der Waals surface area contributed by atoms with E-state index in [0.29, 0.717) is 18.9 Å². The number of rotatable bonds is 9. The normalized spacial score (nSPS) is 17.4. The zero-order valence-corrected chi connectivity index (χ0v) is 17.9. The van der Waals surface area contributed by atoms with Gasteiger partial charge in [0.05, 0.1) is 19.3 Å². The fourth-order valence-electron chi connectivity index (χ4n) is 3.56. The molecule has 1 aliphatic heterocycles. The van der Waals surface area contributed by atoms with Gasteiger partial charge in [-0.2, -0.15) is 0 Å². The standard InChI is InChI=1S/C24H32N2O3/c1-17(2)16-28-22-9-10-24(25-14-22)26-12-11-23(15-26)29-21-7-5-20(6-8-21)18(3)13-19(4)27/h5-10,14,17-18,23H,11-13,15-16H2,1-4H3/t18-,23?/m1/s1. The predicted octanol–water partition coefficient (Wildman–Crippen LogP) is 4.86. The molecule has 1 saturated heterocycles. The summed E-state index contributed by atoms with van der Waals surface area (Å²) in [5, 5.41) is 0. The lowest BCUT2D eigenvalue weighted by atomic mass is 9.96. The summed E-state index contributed by atoms with van der Waals surface area (Å²) in [5.74, 6) is 3.60. The van der Waals surface area contributed by atoms with Gasteiger partial charge >= 0.3 is 0 Å². The van der Waals surface area contributed by atoms with E-state index in [1.165, 1.54) is 5.56 Å². The lowest BCUT2D eigenvalue weighted by Crippen LogP contribution is -2.25. The second-order valence-electron chi connectivity index (χ2n) is 8.41. The number of nitrogens with zero attached hydrogens (tertiary/aromatic N) is 2. The van der Waals surface area contributed by atoms with Crippen molar-refractivity contribution in [1.29, 1.82) is 0 Å². The molecule has 3 rings (SSSR count). The van der Waals surface area contributed by atoms with Crippen molar-refractivity contribution in [2.24, 2.45) is 5.92 Å². The second kappa shape index (κ2) is 9.77. The van der Waals surface area contributed by atoms with E-state index in [1.807, 2.05) is 24.3 Å². The molecule has 156 valence electrons. The van der Waals surface area contributed by atoms with Gasteiger partial charge in [0.25, 0.3) is 0 Å². The Hall–Kier alpha value is -2.56. The second-order valence-corrected chi connectivity index (χ2v) is 8.41. The van der Waals surface area contributed by atoms with Gasteiger partial charge in [0.15, 0.2) is 0 Å². The zero-order valence-electron chi connectivity index (χ0n) is 17.9. The molecule has 0 radical (unpaired) electrons.